The Labute approximate surface area is 234 Å². The van der Waals surface area contributed by atoms with Gasteiger partial charge in [0.05, 0.1) is 13.1 Å². The highest BCUT2D eigenvalue weighted by molar-refractivity contribution is 4.83. The first-order valence-corrected chi connectivity index (χ1v) is 17.4. The van der Waals surface area contributed by atoms with Crippen molar-refractivity contribution in [3.05, 3.63) is 18.2 Å². The van der Waals surface area contributed by atoms with Crippen molar-refractivity contribution in [2.75, 3.05) is 0 Å². The molecule has 0 aromatic carbocycles. The summed E-state index contributed by atoms with van der Waals surface area (Å²) in [4.78, 5) is 0. The van der Waals surface area contributed by atoms with Crippen molar-refractivity contribution in [3.63, 3.8) is 0 Å². The molecular formula is C35H69N2+. The molecule has 0 unspecified atom stereocenters. The van der Waals surface area contributed by atoms with Crippen LogP contribution in [-0.4, -0.2) is 4.57 Å². The van der Waals surface area contributed by atoms with Crippen molar-refractivity contribution >= 4 is 0 Å². The number of unbranched alkanes of at least 4 members (excludes halogenated alkanes) is 24. The van der Waals surface area contributed by atoms with Gasteiger partial charge < -0.3 is 0 Å². The fourth-order valence-corrected chi connectivity index (χ4v) is 5.91. The third-order valence-corrected chi connectivity index (χ3v) is 8.41. The molecule has 1 aromatic rings. The maximum atomic E-state index is 2.54. The van der Waals surface area contributed by atoms with E-state index in [1.54, 1.807) is 0 Å². The first-order valence-electron chi connectivity index (χ1n) is 17.4. The Balaban J connectivity index is 1.97. The average molecular weight is 518 g/mol. The molecule has 0 radical (unpaired) electrons. The van der Waals surface area contributed by atoms with Crippen LogP contribution in [0.25, 0.3) is 0 Å². The summed E-state index contributed by atoms with van der Waals surface area (Å²) in [7, 11) is 0. The molecule has 0 aliphatic rings. The van der Waals surface area contributed by atoms with Crippen LogP contribution in [0.15, 0.2) is 12.4 Å². The summed E-state index contributed by atoms with van der Waals surface area (Å²) < 4.78 is 5.08. The van der Waals surface area contributed by atoms with E-state index in [0.717, 1.165) is 6.42 Å². The summed E-state index contributed by atoms with van der Waals surface area (Å²) in [5, 5.41) is 0. The fourth-order valence-electron chi connectivity index (χ4n) is 5.91. The van der Waals surface area contributed by atoms with Crippen molar-refractivity contribution in [2.45, 2.75) is 207 Å². The van der Waals surface area contributed by atoms with E-state index in [4.69, 9.17) is 0 Å². The standard InChI is InChI=1S/C35H69N2/c1-4-7-9-11-13-15-17-19-20-22-24-26-28-30-32-37-34-33-36(35(37)6-3)31-29-27-25-23-21-18-16-14-12-10-8-5-2/h33-34H,4-32H2,1-3H3/q+1. The van der Waals surface area contributed by atoms with Gasteiger partial charge in [-0.25, -0.2) is 9.13 Å². The Bertz CT molecular complexity index is 576. The van der Waals surface area contributed by atoms with Crippen LogP contribution < -0.4 is 4.57 Å². The highest BCUT2D eigenvalue weighted by Crippen LogP contribution is 2.14. The van der Waals surface area contributed by atoms with Crippen LogP contribution in [-0.2, 0) is 19.5 Å². The second-order valence-corrected chi connectivity index (χ2v) is 11.9. The second-order valence-electron chi connectivity index (χ2n) is 11.9. The molecule has 0 aliphatic heterocycles. The molecule has 37 heavy (non-hydrogen) atoms. The van der Waals surface area contributed by atoms with Crippen LogP contribution >= 0.6 is 0 Å². The first-order chi connectivity index (χ1) is 18.3. The van der Waals surface area contributed by atoms with E-state index in [1.807, 2.05) is 0 Å². The lowest BCUT2D eigenvalue weighted by Gasteiger charge is -2.05. The molecule has 0 atom stereocenters. The Hall–Kier alpha value is -0.790. The fraction of sp³-hybridized carbons (Fsp3) is 0.914. The average Bonchev–Trinajstić information content (AvgIpc) is 3.31. The van der Waals surface area contributed by atoms with Crippen LogP contribution in [0, 0.1) is 0 Å². The molecule has 0 N–H and O–H groups in total. The Kier molecular flexibility index (Phi) is 24.8. The largest absolute Gasteiger partial charge is 0.256 e. The number of hydrogen-bond donors (Lipinski definition) is 0. The van der Waals surface area contributed by atoms with Crippen LogP contribution in [0.3, 0.4) is 0 Å². The van der Waals surface area contributed by atoms with E-state index in [0.29, 0.717) is 0 Å². The van der Waals surface area contributed by atoms with Crippen molar-refractivity contribution in [3.8, 4) is 0 Å². The summed E-state index contributed by atoms with van der Waals surface area (Å²) >= 11 is 0. The summed E-state index contributed by atoms with van der Waals surface area (Å²) in [6, 6.07) is 0. The molecule has 0 spiro atoms. The monoisotopic (exact) mass is 518 g/mol. The predicted molar refractivity (Wildman–Crippen MR) is 165 cm³/mol. The SMILES string of the molecule is CCCCCCCCCCCCCCCCn1cc[n+](CCCCCCCCCCCCCC)c1CC. The number of hydrogen-bond acceptors (Lipinski definition) is 0. The molecular weight excluding hydrogens is 448 g/mol. The van der Waals surface area contributed by atoms with Gasteiger partial charge in [0.15, 0.2) is 0 Å². The number of aryl methyl sites for hydroxylation is 2. The van der Waals surface area contributed by atoms with Gasteiger partial charge >= 0.3 is 0 Å². The first kappa shape index (κ1) is 34.2. The van der Waals surface area contributed by atoms with E-state index in [-0.39, 0.29) is 0 Å². The van der Waals surface area contributed by atoms with Crippen LogP contribution in [0.5, 0.6) is 0 Å². The van der Waals surface area contributed by atoms with E-state index < -0.39 is 0 Å². The van der Waals surface area contributed by atoms with Gasteiger partial charge in [0, 0.05) is 6.42 Å². The van der Waals surface area contributed by atoms with Gasteiger partial charge in [0.2, 0.25) is 0 Å². The lowest BCUT2D eigenvalue weighted by atomic mass is 10.0. The van der Waals surface area contributed by atoms with Gasteiger partial charge in [-0.05, 0) is 25.7 Å². The van der Waals surface area contributed by atoms with Crippen molar-refractivity contribution in [2.24, 2.45) is 0 Å². The summed E-state index contributed by atoms with van der Waals surface area (Å²) in [6.45, 7) is 9.37. The zero-order valence-corrected chi connectivity index (χ0v) is 26.1. The van der Waals surface area contributed by atoms with Gasteiger partial charge in [-0.2, -0.15) is 0 Å². The molecule has 0 amide bonds. The smallest absolute Gasteiger partial charge is 0.234 e. The highest BCUT2D eigenvalue weighted by Gasteiger charge is 2.14. The van der Waals surface area contributed by atoms with Gasteiger partial charge in [-0.1, -0.05) is 162 Å². The van der Waals surface area contributed by atoms with Gasteiger partial charge in [0.1, 0.15) is 12.4 Å². The van der Waals surface area contributed by atoms with Gasteiger partial charge in [0.25, 0.3) is 5.82 Å². The van der Waals surface area contributed by atoms with Crippen LogP contribution in [0.4, 0.5) is 0 Å². The highest BCUT2D eigenvalue weighted by atomic mass is 15.1. The molecule has 0 saturated carbocycles. The summed E-state index contributed by atoms with van der Waals surface area (Å²) in [6.07, 6.45) is 43.2. The molecule has 0 aliphatic carbocycles. The molecule has 1 heterocycles. The molecule has 0 bridgehead atoms. The quantitative estimate of drug-likeness (QED) is 0.0737. The molecule has 0 fully saturated rings. The van der Waals surface area contributed by atoms with E-state index in [9.17, 15) is 0 Å². The minimum absolute atomic E-state index is 1.16. The van der Waals surface area contributed by atoms with E-state index >= 15 is 0 Å². The second kappa shape index (κ2) is 26.8. The molecule has 0 saturated heterocycles. The molecule has 2 heteroatoms. The number of imidazole rings is 1. The maximum Gasteiger partial charge on any atom is 0.256 e. The van der Waals surface area contributed by atoms with Crippen molar-refractivity contribution in [1.82, 2.24) is 4.57 Å². The minimum atomic E-state index is 1.16. The zero-order chi connectivity index (χ0) is 26.7. The lowest BCUT2D eigenvalue weighted by Crippen LogP contribution is -2.37. The Morgan fingerprint density at radius 3 is 1.19 bits per heavy atom. The minimum Gasteiger partial charge on any atom is -0.234 e. The van der Waals surface area contributed by atoms with Crippen molar-refractivity contribution in [1.29, 1.82) is 0 Å². The number of aromatic nitrogens is 2. The zero-order valence-electron chi connectivity index (χ0n) is 26.1. The van der Waals surface area contributed by atoms with Crippen molar-refractivity contribution < 1.29 is 4.57 Å². The molecule has 1 aromatic heterocycles. The van der Waals surface area contributed by atoms with Gasteiger partial charge in [-0.3, -0.25) is 0 Å². The van der Waals surface area contributed by atoms with Gasteiger partial charge in [-0.15, -0.1) is 0 Å². The van der Waals surface area contributed by atoms with Crippen LogP contribution in [0.1, 0.15) is 194 Å². The number of rotatable bonds is 29. The van der Waals surface area contributed by atoms with E-state index in [1.165, 1.54) is 186 Å². The third kappa shape index (κ3) is 19.9. The third-order valence-electron chi connectivity index (χ3n) is 8.41. The maximum absolute atomic E-state index is 2.54. The topological polar surface area (TPSA) is 8.81 Å². The molecule has 218 valence electrons. The summed E-state index contributed by atoms with van der Waals surface area (Å²) in [5.41, 5.74) is 0. The Morgan fingerprint density at radius 2 is 0.811 bits per heavy atom. The summed E-state index contributed by atoms with van der Waals surface area (Å²) in [5.74, 6) is 1.54. The normalized spacial score (nSPS) is 11.5. The van der Waals surface area contributed by atoms with E-state index in [2.05, 4.69) is 42.3 Å². The lowest BCUT2D eigenvalue weighted by molar-refractivity contribution is -0.704. The molecule has 1 rings (SSSR count). The van der Waals surface area contributed by atoms with Crippen LogP contribution in [0.2, 0.25) is 0 Å². The Morgan fingerprint density at radius 1 is 0.459 bits per heavy atom. The predicted octanol–water partition coefficient (Wildman–Crippen LogP) is 11.5. The molecule has 2 nitrogen and oxygen atoms in total. The number of nitrogens with zero attached hydrogens (tertiary/aromatic N) is 2.